The average molecular weight is 359 g/mol. The van der Waals surface area contributed by atoms with Gasteiger partial charge in [-0.05, 0) is 30.3 Å². The number of benzene rings is 2. The molecule has 0 heterocycles. The molecular weight excluding hydrogens is 347 g/mol. The molecule has 2 aromatic carbocycles. The molecule has 2 rings (SSSR count). The number of carbonyl (C=O) groups is 1. The molecule has 0 spiro atoms. The predicted octanol–water partition coefficient (Wildman–Crippen LogP) is 3.62. The molecule has 116 valence electrons. The summed E-state index contributed by atoms with van der Waals surface area (Å²) in [5.41, 5.74) is 0.693. The maximum absolute atomic E-state index is 12.3. The lowest BCUT2D eigenvalue weighted by Gasteiger charge is -2.12. The van der Waals surface area contributed by atoms with Crippen LogP contribution in [0.25, 0.3) is 0 Å². The molecule has 22 heavy (non-hydrogen) atoms. The fraction of sp³-hybridized carbons (Fsp3) is 0.0714. The van der Waals surface area contributed by atoms with Crippen molar-refractivity contribution in [3.8, 4) is 0 Å². The van der Waals surface area contributed by atoms with Gasteiger partial charge in [-0.25, -0.2) is 8.42 Å². The largest absolute Gasteiger partial charge is 0.321 e. The van der Waals surface area contributed by atoms with Crippen LogP contribution in [0.3, 0.4) is 0 Å². The summed E-state index contributed by atoms with van der Waals surface area (Å²) in [6, 6.07) is 10.9. The summed E-state index contributed by atoms with van der Waals surface area (Å²) in [5, 5.41) is 3.35. The van der Waals surface area contributed by atoms with Gasteiger partial charge in [0, 0.05) is 5.02 Å². The molecule has 2 aromatic rings. The molecule has 0 bridgehead atoms. The SMILES string of the molecule is CS(=O)(=O)Nc1ccccc1C(=O)Nc1cc(Cl)ccc1Cl. The van der Waals surface area contributed by atoms with E-state index in [2.05, 4.69) is 10.0 Å². The van der Waals surface area contributed by atoms with E-state index in [0.29, 0.717) is 15.7 Å². The minimum absolute atomic E-state index is 0.170. The molecule has 0 radical (unpaired) electrons. The molecular formula is C14H12Cl2N2O3S. The number of carbonyl (C=O) groups excluding carboxylic acids is 1. The van der Waals surface area contributed by atoms with Gasteiger partial charge in [-0.2, -0.15) is 0 Å². The third-order valence-corrected chi connectivity index (χ3v) is 3.80. The molecule has 0 saturated carbocycles. The van der Waals surface area contributed by atoms with Crippen LogP contribution in [0.1, 0.15) is 10.4 Å². The number of anilines is 2. The van der Waals surface area contributed by atoms with Crippen molar-refractivity contribution in [1.82, 2.24) is 0 Å². The standard InChI is InChI=1S/C14H12Cl2N2O3S/c1-22(20,21)18-12-5-3-2-4-10(12)14(19)17-13-8-9(15)6-7-11(13)16/h2-8,18H,1H3,(H,17,19). The third-order valence-electron chi connectivity index (χ3n) is 2.64. The third kappa shape index (κ3) is 4.37. The lowest BCUT2D eigenvalue weighted by molar-refractivity contribution is 0.102. The normalized spacial score (nSPS) is 11.0. The Balaban J connectivity index is 2.32. The summed E-state index contributed by atoms with van der Waals surface area (Å²) in [6.07, 6.45) is 1.01. The van der Waals surface area contributed by atoms with Crippen LogP contribution in [0.2, 0.25) is 10.0 Å². The molecule has 0 saturated heterocycles. The smallest absolute Gasteiger partial charge is 0.257 e. The Hall–Kier alpha value is -1.76. The number of nitrogens with one attached hydrogen (secondary N) is 2. The van der Waals surface area contributed by atoms with Gasteiger partial charge in [-0.15, -0.1) is 0 Å². The first-order valence-electron chi connectivity index (χ1n) is 6.09. The van der Waals surface area contributed by atoms with E-state index in [1.165, 1.54) is 18.2 Å². The number of amides is 1. The Kier molecular flexibility index (Phi) is 4.95. The number of para-hydroxylation sites is 1. The minimum atomic E-state index is -3.50. The maximum atomic E-state index is 12.3. The Morgan fingerprint density at radius 2 is 1.73 bits per heavy atom. The van der Waals surface area contributed by atoms with Gasteiger partial charge in [0.05, 0.1) is 28.2 Å². The van der Waals surface area contributed by atoms with Crippen molar-refractivity contribution >= 4 is 50.5 Å². The highest BCUT2D eigenvalue weighted by molar-refractivity contribution is 7.92. The molecule has 0 fully saturated rings. The monoisotopic (exact) mass is 358 g/mol. The van der Waals surface area contributed by atoms with Crippen LogP contribution in [-0.2, 0) is 10.0 Å². The van der Waals surface area contributed by atoms with Crippen LogP contribution in [0.4, 0.5) is 11.4 Å². The zero-order valence-corrected chi connectivity index (χ0v) is 13.8. The van der Waals surface area contributed by atoms with Gasteiger partial charge in [0.25, 0.3) is 5.91 Å². The summed E-state index contributed by atoms with van der Waals surface area (Å²) < 4.78 is 25.0. The Morgan fingerprint density at radius 1 is 1.05 bits per heavy atom. The lowest BCUT2D eigenvalue weighted by Crippen LogP contribution is -2.17. The zero-order chi connectivity index (χ0) is 16.3. The van der Waals surface area contributed by atoms with Gasteiger partial charge in [-0.3, -0.25) is 9.52 Å². The van der Waals surface area contributed by atoms with Crippen LogP contribution in [0.5, 0.6) is 0 Å². The van der Waals surface area contributed by atoms with E-state index in [4.69, 9.17) is 23.2 Å². The van der Waals surface area contributed by atoms with Crippen molar-refractivity contribution in [2.45, 2.75) is 0 Å². The molecule has 0 unspecified atom stereocenters. The summed E-state index contributed by atoms with van der Waals surface area (Å²) in [6.45, 7) is 0. The van der Waals surface area contributed by atoms with E-state index in [1.807, 2.05) is 0 Å². The number of hydrogen-bond donors (Lipinski definition) is 2. The molecule has 8 heteroatoms. The van der Waals surface area contributed by atoms with Gasteiger partial charge >= 0.3 is 0 Å². The molecule has 0 aromatic heterocycles. The Morgan fingerprint density at radius 3 is 2.41 bits per heavy atom. The van der Waals surface area contributed by atoms with E-state index in [-0.39, 0.29) is 11.3 Å². The first-order valence-corrected chi connectivity index (χ1v) is 8.74. The first kappa shape index (κ1) is 16.6. The molecule has 0 aliphatic rings. The van der Waals surface area contributed by atoms with Gasteiger partial charge in [0.15, 0.2) is 0 Å². The van der Waals surface area contributed by atoms with Crippen molar-refractivity contribution in [2.24, 2.45) is 0 Å². The minimum Gasteiger partial charge on any atom is -0.321 e. The highest BCUT2D eigenvalue weighted by Crippen LogP contribution is 2.27. The predicted molar refractivity (Wildman–Crippen MR) is 89.3 cm³/mol. The number of halogens is 2. The lowest BCUT2D eigenvalue weighted by atomic mass is 10.1. The van der Waals surface area contributed by atoms with Crippen LogP contribution < -0.4 is 10.0 Å². The topological polar surface area (TPSA) is 75.3 Å². The molecule has 1 amide bonds. The summed E-state index contributed by atoms with van der Waals surface area (Å²) >= 11 is 11.9. The van der Waals surface area contributed by atoms with E-state index in [1.54, 1.807) is 24.3 Å². The van der Waals surface area contributed by atoms with Crippen LogP contribution in [0.15, 0.2) is 42.5 Å². The Bertz CT molecular complexity index is 823. The second-order valence-electron chi connectivity index (χ2n) is 4.50. The number of rotatable bonds is 4. The number of sulfonamides is 1. The fourth-order valence-electron chi connectivity index (χ4n) is 1.75. The summed E-state index contributed by atoms with van der Waals surface area (Å²) in [4.78, 5) is 12.3. The molecule has 0 aliphatic heterocycles. The highest BCUT2D eigenvalue weighted by Gasteiger charge is 2.15. The summed E-state index contributed by atoms with van der Waals surface area (Å²) in [5.74, 6) is -0.504. The van der Waals surface area contributed by atoms with E-state index < -0.39 is 15.9 Å². The van der Waals surface area contributed by atoms with Crippen LogP contribution in [0, 0.1) is 0 Å². The molecule has 0 atom stereocenters. The van der Waals surface area contributed by atoms with Crippen molar-refractivity contribution in [3.05, 3.63) is 58.1 Å². The summed E-state index contributed by atoms with van der Waals surface area (Å²) in [7, 11) is -3.50. The van der Waals surface area contributed by atoms with E-state index >= 15 is 0 Å². The zero-order valence-electron chi connectivity index (χ0n) is 11.4. The Labute approximate surface area is 138 Å². The fourth-order valence-corrected chi connectivity index (χ4v) is 2.67. The van der Waals surface area contributed by atoms with Crippen molar-refractivity contribution < 1.29 is 13.2 Å². The second-order valence-corrected chi connectivity index (χ2v) is 7.09. The highest BCUT2D eigenvalue weighted by atomic mass is 35.5. The van der Waals surface area contributed by atoms with Gasteiger partial charge in [0.2, 0.25) is 10.0 Å². The van der Waals surface area contributed by atoms with Crippen molar-refractivity contribution in [3.63, 3.8) is 0 Å². The van der Waals surface area contributed by atoms with E-state index in [0.717, 1.165) is 6.26 Å². The van der Waals surface area contributed by atoms with Crippen LogP contribution >= 0.6 is 23.2 Å². The molecule has 2 N–H and O–H groups in total. The first-order chi connectivity index (χ1) is 10.3. The van der Waals surface area contributed by atoms with Gasteiger partial charge in [0.1, 0.15) is 0 Å². The van der Waals surface area contributed by atoms with Crippen LogP contribution in [-0.4, -0.2) is 20.6 Å². The molecule has 0 aliphatic carbocycles. The average Bonchev–Trinajstić information content (AvgIpc) is 2.41. The van der Waals surface area contributed by atoms with E-state index in [9.17, 15) is 13.2 Å². The molecule has 5 nitrogen and oxygen atoms in total. The van der Waals surface area contributed by atoms with Crippen molar-refractivity contribution in [1.29, 1.82) is 0 Å². The van der Waals surface area contributed by atoms with Crippen molar-refractivity contribution in [2.75, 3.05) is 16.3 Å². The maximum Gasteiger partial charge on any atom is 0.257 e. The quantitative estimate of drug-likeness (QED) is 0.876. The van der Waals surface area contributed by atoms with Gasteiger partial charge in [-0.1, -0.05) is 35.3 Å². The number of hydrogen-bond acceptors (Lipinski definition) is 3. The second kappa shape index (κ2) is 6.56. The van der Waals surface area contributed by atoms with Gasteiger partial charge < -0.3 is 5.32 Å².